The van der Waals surface area contributed by atoms with Crippen molar-refractivity contribution >= 4 is 17.7 Å². The molecule has 126 valence electrons. The van der Waals surface area contributed by atoms with Crippen molar-refractivity contribution in [2.45, 2.75) is 51.0 Å². The highest BCUT2D eigenvalue weighted by atomic mass is 32.2. The summed E-state index contributed by atoms with van der Waals surface area (Å²) in [6.45, 7) is 7.68. The fourth-order valence-corrected chi connectivity index (χ4v) is 4.68. The number of rotatable bonds is 6. The van der Waals surface area contributed by atoms with E-state index < -0.39 is 0 Å². The lowest BCUT2D eigenvalue weighted by molar-refractivity contribution is 0.112. The number of aliphatic imine (C=N–C) groups is 1. The highest BCUT2D eigenvalue weighted by molar-refractivity contribution is 7.99. The Morgan fingerprint density at radius 2 is 1.91 bits per heavy atom. The summed E-state index contributed by atoms with van der Waals surface area (Å²) in [6, 6.07) is 0. The van der Waals surface area contributed by atoms with Crippen LogP contribution in [0.5, 0.6) is 0 Å². The second-order valence-electron chi connectivity index (χ2n) is 7.05. The Bertz CT molecular complexity index is 369. The summed E-state index contributed by atoms with van der Waals surface area (Å²) in [6.07, 6.45) is 8.21. The highest BCUT2D eigenvalue weighted by Crippen LogP contribution is 2.37. The molecule has 0 atom stereocenters. The van der Waals surface area contributed by atoms with Crippen LogP contribution in [0.25, 0.3) is 0 Å². The predicted octanol–water partition coefficient (Wildman–Crippen LogP) is 2.31. The van der Waals surface area contributed by atoms with Gasteiger partial charge in [0.2, 0.25) is 0 Å². The van der Waals surface area contributed by atoms with E-state index in [1.165, 1.54) is 63.1 Å². The zero-order valence-electron chi connectivity index (χ0n) is 14.1. The summed E-state index contributed by atoms with van der Waals surface area (Å²) in [4.78, 5) is 7.74. The van der Waals surface area contributed by atoms with Crippen molar-refractivity contribution in [3.8, 4) is 0 Å². The Hall–Kier alpha value is -0.420. The van der Waals surface area contributed by atoms with Crippen LogP contribution in [0.1, 0.15) is 45.4 Å². The maximum Gasteiger partial charge on any atom is 0.191 e. The molecule has 3 aliphatic rings. The van der Waals surface area contributed by atoms with Gasteiger partial charge in [-0.1, -0.05) is 12.8 Å². The van der Waals surface area contributed by atoms with Gasteiger partial charge in [0.25, 0.3) is 0 Å². The van der Waals surface area contributed by atoms with Crippen molar-refractivity contribution in [1.82, 2.24) is 15.5 Å². The van der Waals surface area contributed by atoms with Gasteiger partial charge in [0.15, 0.2) is 5.96 Å². The molecule has 0 unspecified atom stereocenters. The van der Waals surface area contributed by atoms with Crippen molar-refractivity contribution < 1.29 is 0 Å². The molecule has 3 fully saturated rings. The van der Waals surface area contributed by atoms with Crippen LogP contribution in [0.4, 0.5) is 0 Å². The van der Waals surface area contributed by atoms with E-state index in [-0.39, 0.29) is 0 Å². The molecule has 0 radical (unpaired) electrons. The van der Waals surface area contributed by atoms with E-state index in [1.807, 2.05) is 0 Å². The van der Waals surface area contributed by atoms with Gasteiger partial charge in [-0.15, -0.1) is 0 Å². The fourth-order valence-electron chi connectivity index (χ4n) is 3.78. The molecule has 0 aromatic rings. The van der Waals surface area contributed by atoms with Crippen molar-refractivity contribution in [3.63, 3.8) is 0 Å². The van der Waals surface area contributed by atoms with Crippen molar-refractivity contribution in [2.24, 2.45) is 10.9 Å². The minimum Gasteiger partial charge on any atom is -0.357 e. The van der Waals surface area contributed by atoms with Crippen LogP contribution in [0.2, 0.25) is 0 Å². The molecule has 4 nitrogen and oxygen atoms in total. The summed E-state index contributed by atoms with van der Waals surface area (Å²) < 4.78 is 0. The number of guanidine groups is 1. The van der Waals surface area contributed by atoms with Crippen LogP contribution < -0.4 is 10.6 Å². The monoisotopic (exact) mass is 324 g/mol. The predicted molar refractivity (Wildman–Crippen MR) is 96.8 cm³/mol. The van der Waals surface area contributed by atoms with E-state index >= 15 is 0 Å². The third-order valence-electron chi connectivity index (χ3n) is 5.35. The molecule has 1 aliphatic heterocycles. The topological polar surface area (TPSA) is 39.7 Å². The summed E-state index contributed by atoms with van der Waals surface area (Å²) >= 11 is 2.10. The van der Waals surface area contributed by atoms with E-state index in [0.717, 1.165) is 31.5 Å². The first kappa shape index (κ1) is 16.4. The molecule has 0 aromatic heterocycles. The first-order valence-electron chi connectivity index (χ1n) is 9.17. The minimum atomic E-state index is 0.350. The summed E-state index contributed by atoms with van der Waals surface area (Å²) in [7, 11) is 0. The molecular weight excluding hydrogens is 292 g/mol. The second-order valence-corrected chi connectivity index (χ2v) is 8.28. The number of hydrogen-bond donors (Lipinski definition) is 2. The molecule has 5 heteroatoms. The number of nitrogens with one attached hydrogen (secondary N) is 2. The van der Waals surface area contributed by atoms with Gasteiger partial charge >= 0.3 is 0 Å². The summed E-state index contributed by atoms with van der Waals surface area (Å²) in [5.41, 5.74) is 0.350. The molecule has 0 bridgehead atoms. The third-order valence-corrected chi connectivity index (χ3v) is 6.29. The van der Waals surface area contributed by atoms with Crippen LogP contribution >= 0.6 is 11.8 Å². The average Bonchev–Trinajstić information content (AvgIpc) is 3.27. The molecular formula is C17H32N4S. The molecule has 2 N–H and O–H groups in total. The molecule has 0 aromatic carbocycles. The molecule has 2 aliphatic carbocycles. The van der Waals surface area contributed by atoms with E-state index in [2.05, 4.69) is 34.2 Å². The van der Waals surface area contributed by atoms with Crippen LogP contribution in [0, 0.1) is 5.92 Å². The van der Waals surface area contributed by atoms with E-state index in [9.17, 15) is 0 Å². The molecule has 1 saturated heterocycles. The van der Waals surface area contributed by atoms with Gasteiger partial charge in [0.05, 0.1) is 6.54 Å². The maximum absolute atomic E-state index is 4.99. The van der Waals surface area contributed by atoms with Gasteiger partial charge in [-0.25, -0.2) is 0 Å². The Morgan fingerprint density at radius 1 is 1.18 bits per heavy atom. The van der Waals surface area contributed by atoms with Gasteiger partial charge in [0.1, 0.15) is 0 Å². The van der Waals surface area contributed by atoms with Crippen LogP contribution in [0.15, 0.2) is 4.99 Å². The Morgan fingerprint density at radius 3 is 2.55 bits per heavy atom. The van der Waals surface area contributed by atoms with Crippen LogP contribution in [-0.4, -0.2) is 60.6 Å². The molecule has 22 heavy (non-hydrogen) atoms. The Labute approximate surface area is 139 Å². The van der Waals surface area contributed by atoms with Gasteiger partial charge in [-0.3, -0.25) is 9.89 Å². The van der Waals surface area contributed by atoms with Crippen LogP contribution in [-0.2, 0) is 0 Å². The molecule has 3 rings (SSSR count). The van der Waals surface area contributed by atoms with E-state index in [1.54, 1.807) is 0 Å². The Kier molecular flexibility index (Phi) is 5.91. The first-order valence-corrected chi connectivity index (χ1v) is 10.3. The summed E-state index contributed by atoms with van der Waals surface area (Å²) in [5.74, 6) is 4.52. The largest absolute Gasteiger partial charge is 0.357 e. The quantitative estimate of drug-likeness (QED) is 0.581. The zero-order valence-corrected chi connectivity index (χ0v) is 14.9. The van der Waals surface area contributed by atoms with Gasteiger partial charge in [0, 0.05) is 43.2 Å². The van der Waals surface area contributed by atoms with Crippen molar-refractivity contribution in [1.29, 1.82) is 0 Å². The second kappa shape index (κ2) is 7.91. The standard InChI is InChI=1S/C17H32N4S/c1-2-18-16(19-13-15-5-6-15)20-14-17(7-3-4-8-17)21-9-11-22-12-10-21/h15H,2-14H2,1H3,(H2,18,19,20). The lowest BCUT2D eigenvalue weighted by Gasteiger charge is -2.42. The molecule has 2 saturated carbocycles. The highest BCUT2D eigenvalue weighted by Gasteiger charge is 2.39. The molecule has 0 amide bonds. The molecule has 1 heterocycles. The minimum absolute atomic E-state index is 0.350. The summed E-state index contributed by atoms with van der Waals surface area (Å²) in [5, 5.41) is 6.97. The normalized spacial score (nSPS) is 26.1. The van der Waals surface area contributed by atoms with Gasteiger partial charge in [-0.05, 0) is 38.5 Å². The molecule has 0 spiro atoms. The Balaban J connectivity index is 1.61. The first-order chi connectivity index (χ1) is 10.8. The maximum atomic E-state index is 4.99. The lowest BCUT2D eigenvalue weighted by Crippen LogP contribution is -2.53. The van der Waals surface area contributed by atoms with E-state index in [4.69, 9.17) is 4.99 Å². The fraction of sp³-hybridized carbons (Fsp3) is 0.941. The van der Waals surface area contributed by atoms with Crippen molar-refractivity contribution in [3.05, 3.63) is 0 Å². The van der Waals surface area contributed by atoms with Gasteiger partial charge < -0.3 is 10.6 Å². The van der Waals surface area contributed by atoms with Crippen LogP contribution in [0.3, 0.4) is 0 Å². The van der Waals surface area contributed by atoms with Crippen molar-refractivity contribution in [2.75, 3.05) is 44.2 Å². The SMILES string of the molecule is CCNC(=NCC1(N2CCSCC2)CCCC1)NCC1CC1. The average molecular weight is 325 g/mol. The third kappa shape index (κ3) is 4.31. The van der Waals surface area contributed by atoms with Gasteiger partial charge in [-0.2, -0.15) is 11.8 Å². The lowest BCUT2D eigenvalue weighted by atomic mass is 9.95. The van der Waals surface area contributed by atoms with E-state index in [0.29, 0.717) is 5.54 Å². The number of hydrogen-bond acceptors (Lipinski definition) is 3. The number of nitrogens with zero attached hydrogens (tertiary/aromatic N) is 2. The zero-order chi connectivity index (χ0) is 15.3. The smallest absolute Gasteiger partial charge is 0.191 e. The number of thioether (sulfide) groups is 1.